The number of hydrogen-bond acceptors (Lipinski definition) is 3. The van der Waals surface area contributed by atoms with Crippen molar-refractivity contribution in [3.63, 3.8) is 0 Å². The maximum absolute atomic E-state index is 10.8. The Labute approximate surface area is 98.4 Å². The van der Waals surface area contributed by atoms with Gasteiger partial charge in [0.15, 0.2) is 0 Å². The molecule has 0 atom stereocenters. The van der Waals surface area contributed by atoms with Gasteiger partial charge < -0.3 is 0 Å². The maximum Gasteiger partial charge on any atom is 0.261 e. The van der Waals surface area contributed by atoms with Crippen LogP contribution in [-0.4, -0.2) is 13.7 Å². The third-order valence-corrected chi connectivity index (χ3v) is 2.95. The van der Waals surface area contributed by atoms with Gasteiger partial charge in [-0.15, -0.1) is 0 Å². The summed E-state index contributed by atoms with van der Waals surface area (Å²) in [5, 5.41) is -0.640. The fourth-order valence-corrected chi connectivity index (χ4v) is 1.64. The third kappa shape index (κ3) is 4.64. The largest absolute Gasteiger partial charge is 0.276 e. The Morgan fingerprint density at radius 2 is 1.53 bits per heavy atom. The van der Waals surface area contributed by atoms with Gasteiger partial charge in [-0.2, -0.15) is 0 Å². The van der Waals surface area contributed by atoms with Gasteiger partial charge in [-0.05, 0) is 35.9 Å². The lowest BCUT2D eigenvalue weighted by Crippen LogP contribution is -1.93. The standard InChI is InChI=1S/C7H4Cl2O3S.C2H6/c8-7(10)5-1-3-6(4-2-5)13(9,11)12;1-2/h1-4H;1-2H3. The van der Waals surface area contributed by atoms with Crippen molar-refractivity contribution >= 4 is 36.6 Å². The number of benzene rings is 1. The molecule has 15 heavy (non-hydrogen) atoms. The van der Waals surface area contributed by atoms with Crippen LogP contribution in [0.4, 0.5) is 0 Å². The first-order chi connectivity index (χ1) is 6.91. The van der Waals surface area contributed by atoms with Crippen LogP contribution < -0.4 is 0 Å². The lowest BCUT2D eigenvalue weighted by atomic mass is 10.2. The van der Waals surface area contributed by atoms with Crippen molar-refractivity contribution in [3.8, 4) is 0 Å². The van der Waals surface area contributed by atoms with Gasteiger partial charge in [0.1, 0.15) is 0 Å². The summed E-state index contributed by atoms with van der Waals surface area (Å²) in [5.41, 5.74) is 0.228. The summed E-state index contributed by atoms with van der Waals surface area (Å²) >= 11 is 5.15. The number of carbonyl (C=O) groups excluding carboxylic acids is 1. The average Bonchev–Trinajstić information content (AvgIpc) is 2.20. The first kappa shape index (κ1) is 14.4. The van der Waals surface area contributed by atoms with Crippen LogP contribution in [0.3, 0.4) is 0 Å². The van der Waals surface area contributed by atoms with Gasteiger partial charge in [0.25, 0.3) is 14.3 Å². The van der Waals surface area contributed by atoms with E-state index in [1.165, 1.54) is 24.3 Å². The zero-order valence-corrected chi connectivity index (χ0v) is 10.5. The fraction of sp³-hybridized carbons (Fsp3) is 0.222. The minimum Gasteiger partial charge on any atom is -0.276 e. The van der Waals surface area contributed by atoms with Crippen molar-refractivity contribution in [2.45, 2.75) is 18.7 Å². The monoisotopic (exact) mass is 268 g/mol. The van der Waals surface area contributed by atoms with E-state index in [0.29, 0.717) is 0 Å². The van der Waals surface area contributed by atoms with E-state index in [0.717, 1.165) is 0 Å². The average molecular weight is 269 g/mol. The van der Waals surface area contributed by atoms with Crippen LogP contribution in [0.15, 0.2) is 29.2 Å². The Bertz CT molecular complexity index is 423. The Morgan fingerprint density at radius 3 is 1.80 bits per heavy atom. The van der Waals surface area contributed by atoms with Crippen molar-refractivity contribution in [3.05, 3.63) is 29.8 Å². The molecule has 0 saturated heterocycles. The highest BCUT2D eigenvalue weighted by Gasteiger charge is 2.10. The molecule has 0 heterocycles. The molecule has 0 bridgehead atoms. The van der Waals surface area contributed by atoms with Crippen LogP contribution in [-0.2, 0) is 9.05 Å². The van der Waals surface area contributed by atoms with Crippen LogP contribution in [0.1, 0.15) is 24.2 Å². The normalized spacial score (nSPS) is 10.1. The molecule has 0 fully saturated rings. The number of carbonyl (C=O) groups is 1. The van der Waals surface area contributed by atoms with E-state index in [1.807, 2.05) is 13.8 Å². The number of hydrogen-bond donors (Lipinski definition) is 0. The van der Waals surface area contributed by atoms with Crippen molar-refractivity contribution < 1.29 is 13.2 Å². The summed E-state index contributed by atoms with van der Waals surface area (Å²) in [6.45, 7) is 4.00. The second kappa shape index (κ2) is 6.10. The summed E-state index contributed by atoms with van der Waals surface area (Å²) in [6.07, 6.45) is 0. The molecule has 0 aliphatic rings. The van der Waals surface area contributed by atoms with E-state index in [4.69, 9.17) is 22.3 Å². The molecule has 0 N–H and O–H groups in total. The third-order valence-electron chi connectivity index (χ3n) is 1.36. The highest BCUT2D eigenvalue weighted by molar-refractivity contribution is 8.13. The van der Waals surface area contributed by atoms with E-state index >= 15 is 0 Å². The SMILES string of the molecule is CC.O=C(Cl)c1ccc(S(=O)(=O)Cl)cc1. The Kier molecular flexibility index (Phi) is 5.87. The molecule has 1 aromatic rings. The molecule has 0 spiro atoms. The van der Waals surface area contributed by atoms with Gasteiger partial charge >= 0.3 is 0 Å². The molecular formula is C9H10Cl2O3S. The minimum absolute atomic E-state index is 0.0594. The van der Waals surface area contributed by atoms with Crippen molar-refractivity contribution in [1.82, 2.24) is 0 Å². The lowest BCUT2D eigenvalue weighted by molar-refractivity contribution is 0.108. The molecule has 6 heteroatoms. The molecule has 1 aromatic carbocycles. The number of halogens is 2. The molecule has 0 aromatic heterocycles. The molecule has 3 nitrogen and oxygen atoms in total. The van der Waals surface area contributed by atoms with Gasteiger partial charge in [-0.25, -0.2) is 8.42 Å². The summed E-state index contributed by atoms with van der Waals surface area (Å²) in [5.74, 6) is 0. The first-order valence-corrected chi connectivity index (χ1v) is 6.84. The molecule has 0 saturated carbocycles. The van der Waals surface area contributed by atoms with E-state index < -0.39 is 14.3 Å². The molecule has 84 valence electrons. The lowest BCUT2D eigenvalue weighted by Gasteiger charge is -1.96. The maximum atomic E-state index is 10.8. The van der Waals surface area contributed by atoms with E-state index in [2.05, 4.69) is 0 Å². The highest BCUT2D eigenvalue weighted by Crippen LogP contribution is 2.15. The van der Waals surface area contributed by atoms with Crippen molar-refractivity contribution in [2.75, 3.05) is 0 Å². The fourth-order valence-electron chi connectivity index (χ4n) is 0.749. The molecule has 1 rings (SSSR count). The summed E-state index contributed by atoms with van der Waals surface area (Å²) in [6, 6.07) is 5.03. The molecular weight excluding hydrogens is 259 g/mol. The summed E-state index contributed by atoms with van der Waals surface area (Å²) in [4.78, 5) is 10.5. The van der Waals surface area contributed by atoms with E-state index in [-0.39, 0.29) is 10.5 Å². The van der Waals surface area contributed by atoms with Gasteiger partial charge in [-0.3, -0.25) is 4.79 Å². The van der Waals surface area contributed by atoms with Crippen LogP contribution in [0.25, 0.3) is 0 Å². The quantitative estimate of drug-likeness (QED) is 0.775. The first-order valence-electron chi connectivity index (χ1n) is 4.16. The predicted octanol–water partition coefficient (Wildman–Crippen LogP) is 3.02. The van der Waals surface area contributed by atoms with Crippen LogP contribution in [0.2, 0.25) is 0 Å². The zero-order valence-electron chi connectivity index (χ0n) is 8.20. The van der Waals surface area contributed by atoms with E-state index in [1.54, 1.807) is 0 Å². The molecule has 0 radical (unpaired) electrons. The highest BCUT2D eigenvalue weighted by atomic mass is 35.7. The molecule has 0 aliphatic carbocycles. The molecule has 0 amide bonds. The zero-order chi connectivity index (χ0) is 12.1. The Morgan fingerprint density at radius 1 is 1.13 bits per heavy atom. The number of rotatable bonds is 2. The minimum atomic E-state index is -3.73. The summed E-state index contributed by atoms with van der Waals surface area (Å²) < 4.78 is 21.5. The Hall–Kier alpha value is -0.580. The van der Waals surface area contributed by atoms with Crippen LogP contribution in [0.5, 0.6) is 0 Å². The van der Waals surface area contributed by atoms with Crippen LogP contribution in [0, 0.1) is 0 Å². The van der Waals surface area contributed by atoms with Gasteiger partial charge in [-0.1, -0.05) is 13.8 Å². The Balaban J connectivity index is 0.000000921. The second-order valence-electron chi connectivity index (χ2n) is 2.24. The van der Waals surface area contributed by atoms with Gasteiger partial charge in [0, 0.05) is 16.2 Å². The van der Waals surface area contributed by atoms with E-state index in [9.17, 15) is 13.2 Å². The second-order valence-corrected chi connectivity index (χ2v) is 5.15. The smallest absolute Gasteiger partial charge is 0.261 e. The van der Waals surface area contributed by atoms with Crippen LogP contribution >= 0.6 is 22.3 Å². The predicted molar refractivity (Wildman–Crippen MR) is 61.0 cm³/mol. The van der Waals surface area contributed by atoms with Gasteiger partial charge in [0.05, 0.1) is 4.90 Å². The molecule has 0 unspecified atom stereocenters. The van der Waals surface area contributed by atoms with Gasteiger partial charge in [0.2, 0.25) is 0 Å². The topological polar surface area (TPSA) is 51.2 Å². The molecule has 0 aliphatic heterocycles. The van der Waals surface area contributed by atoms with Crippen molar-refractivity contribution in [1.29, 1.82) is 0 Å². The van der Waals surface area contributed by atoms with Crippen molar-refractivity contribution in [2.24, 2.45) is 0 Å². The summed E-state index contributed by atoms with van der Waals surface area (Å²) in [7, 11) is 1.32.